The summed E-state index contributed by atoms with van der Waals surface area (Å²) in [6.07, 6.45) is 12.6. The van der Waals surface area contributed by atoms with Crippen molar-refractivity contribution in [3.05, 3.63) is 48.1 Å². The highest BCUT2D eigenvalue weighted by Crippen LogP contribution is 2.49. The Kier molecular flexibility index (Phi) is 5.70. The van der Waals surface area contributed by atoms with E-state index in [0.29, 0.717) is 17.5 Å². The lowest BCUT2D eigenvalue weighted by Crippen LogP contribution is -2.03. The average molecular weight is 308 g/mol. The Hall–Kier alpha value is -2.41. The summed E-state index contributed by atoms with van der Waals surface area (Å²) in [6, 6.07) is 2.31. The maximum Gasteiger partial charge on any atom is 0.124 e. The monoisotopic (exact) mass is 308 g/mol. The van der Waals surface area contributed by atoms with Gasteiger partial charge in [-0.05, 0) is 55.6 Å². The largest absolute Gasteiger partial charge is 0.308 e. The van der Waals surface area contributed by atoms with Crippen molar-refractivity contribution < 1.29 is 0 Å². The summed E-state index contributed by atoms with van der Waals surface area (Å²) in [4.78, 5) is 4.01. The van der Waals surface area contributed by atoms with Gasteiger partial charge in [-0.25, -0.2) is 4.98 Å². The van der Waals surface area contributed by atoms with Crippen LogP contribution < -0.4 is 0 Å². The first-order valence-corrected chi connectivity index (χ1v) is 8.07. The van der Waals surface area contributed by atoms with E-state index >= 15 is 0 Å². The van der Waals surface area contributed by atoms with E-state index in [-0.39, 0.29) is 0 Å². The molecule has 2 aliphatic rings. The second-order valence-corrected chi connectivity index (χ2v) is 6.09. The quantitative estimate of drug-likeness (QED) is 0.504. The van der Waals surface area contributed by atoms with Gasteiger partial charge in [-0.1, -0.05) is 18.6 Å². The number of hydrogen-bond acceptors (Lipinski definition) is 3. The van der Waals surface area contributed by atoms with Gasteiger partial charge in [0.05, 0.1) is 6.33 Å². The summed E-state index contributed by atoms with van der Waals surface area (Å²) in [5, 5.41) is 16.9. The Labute approximate surface area is 138 Å². The molecule has 0 saturated heterocycles. The fourth-order valence-electron chi connectivity index (χ4n) is 3.51. The summed E-state index contributed by atoms with van der Waals surface area (Å²) in [5.41, 5.74) is 4.46. The zero-order valence-corrected chi connectivity index (χ0v) is 13.9. The smallest absolute Gasteiger partial charge is 0.124 e. The van der Waals surface area contributed by atoms with Crippen molar-refractivity contribution in [1.29, 1.82) is 10.7 Å². The first-order valence-electron chi connectivity index (χ1n) is 8.07. The van der Waals surface area contributed by atoms with Crippen LogP contribution in [0.1, 0.15) is 39.5 Å². The van der Waals surface area contributed by atoms with Crippen LogP contribution in [0.2, 0.25) is 0 Å². The molecule has 4 heteroatoms. The number of rotatable bonds is 3. The van der Waals surface area contributed by atoms with Crippen LogP contribution in [0.15, 0.2) is 48.1 Å². The Morgan fingerprint density at radius 3 is 2.78 bits per heavy atom. The predicted molar refractivity (Wildman–Crippen MR) is 93.9 cm³/mol. The molecule has 1 N–H and O–H groups in total. The van der Waals surface area contributed by atoms with Crippen molar-refractivity contribution in [2.75, 3.05) is 0 Å². The maximum atomic E-state index is 9.38. The van der Waals surface area contributed by atoms with Crippen molar-refractivity contribution >= 4 is 11.9 Å². The average Bonchev–Trinajstić information content (AvgIpc) is 3.25. The van der Waals surface area contributed by atoms with Gasteiger partial charge in [0.1, 0.15) is 11.8 Å². The normalized spacial score (nSPS) is 24.4. The van der Waals surface area contributed by atoms with E-state index in [2.05, 4.69) is 31.5 Å². The molecule has 1 heterocycles. The molecule has 2 unspecified atom stereocenters. The standard InChI is InChI=1S/C15H16N4.C4H8/c1-10-4-11-5-12(6-13(11)14(10)7-16)15(8-17)19-3-2-18-9-19;1-3-4-2/h2-3,7,9,11,13,16H,4-6H2,1H3;3H,1,4H2,2H3/b15-12+,16-7?;. The summed E-state index contributed by atoms with van der Waals surface area (Å²) < 4.78 is 1.80. The van der Waals surface area contributed by atoms with Gasteiger partial charge in [-0.2, -0.15) is 5.26 Å². The predicted octanol–water partition coefficient (Wildman–Crippen LogP) is 4.60. The van der Waals surface area contributed by atoms with Crippen LogP contribution in [0.4, 0.5) is 0 Å². The topological polar surface area (TPSA) is 65.5 Å². The number of allylic oxidation sites excluding steroid dienone is 5. The number of aromatic nitrogens is 2. The summed E-state index contributed by atoms with van der Waals surface area (Å²) in [5.74, 6) is 1.03. The van der Waals surface area contributed by atoms with Gasteiger partial charge in [-0.3, -0.25) is 4.57 Å². The van der Waals surface area contributed by atoms with Crippen LogP contribution in [0.25, 0.3) is 5.70 Å². The minimum Gasteiger partial charge on any atom is -0.308 e. The van der Waals surface area contributed by atoms with Gasteiger partial charge >= 0.3 is 0 Å². The van der Waals surface area contributed by atoms with Gasteiger partial charge in [0.2, 0.25) is 0 Å². The molecule has 0 radical (unpaired) electrons. The number of hydrogen-bond donors (Lipinski definition) is 1. The fraction of sp³-hybridized carbons (Fsp3) is 0.421. The Morgan fingerprint density at radius 2 is 2.26 bits per heavy atom. The summed E-state index contributed by atoms with van der Waals surface area (Å²) in [7, 11) is 0. The fourth-order valence-corrected chi connectivity index (χ4v) is 3.51. The number of nitrogens with one attached hydrogen (secondary N) is 1. The lowest BCUT2D eigenvalue weighted by molar-refractivity contribution is 0.487. The van der Waals surface area contributed by atoms with Gasteiger partial charge in [0.15, 0.2) is 0 Å². The first kappa shape index (κ1) is 17.0. The Bertz CT molecular complexity index is 671. The molecular formula is C19H24N4. The second-order valence-electron chi connectivity index (χ2n) is 6.09. The number of fused-ring (bicyclic) bond motifs is 1. The molecule has 4 nitrogen and oxygen atoms in total. The van der Waals surface area contributed by atoms with E-state index in [0.717, 1.165) is 25.7 Å². The summed E-state index contributed by atoms with van der Waals surface area (Å²) >= 11 is 0. The van der Waals surface area contributed by atoms with E-state index in [4.69, 9.17) is 5.41 Å². The molecule has 120 valence electrons. The van der Waals surface area contributed by atoms with E-state index in [1.54, 1.807) is 17.1 Å². The van der Waals surface area contributed by atoms with E-state index in [1.807, 2.05) is 12.3 Å². The third-order valence-corrected chi connectivity index (χ3v) is 4.65. The van der Waals surface area contributed by atoms with E-state index < -0.39 is 0 Å². The molecule has 0 spiro atoms. The van der Waals surface area contributed by atoms with Crippen LogP contribution in [0.5, 0.6) is 0 Å². The highest BCUT2D eigenvalue weighted by molar-refractivity contribution is 5.79. The minimum atomic E-state index is 0.444. The highest BCUT2D eigenvalue weighted by Gasteiger charge is 2.39. The zero-order chi connectivity index (χ0) is 16.8. The molecule has 0 amide bonds. The Morgan fingerprint density at radius 1 is 1.52 bits per heavy atom. The molecule has 3 rings (SSSR count). The van der Waals surface area contributed by atoms with E-state index in [1.165, 1.54) is 22.9 Å². The van der Waals surface area contributed by atoms with Crippen molar-refractivity contribution in [2.24, 2.45) is 11.8 Å². The van der Waals surface area contributed by atoms with Crippen molar-refractivity contribution in [3.8, 4) is 6.07 Å². The zero-order valence-electron chi connectivity index (χ0n) is 13.9. The lowest BCUT2D eigenvalue weighted by atomic mass is 9.95. The second kappa shape index (κ2) is 7.73. The molecule has 0 aliphatic heterocycles. The van der Waals surface area contributed by atoms with Crippen molar-refractivity contribution in [3.63, 3.8) is 0 Å². The number of imidazole rings is 1. The van der Waals surface area contributed by atoms with Crippen LogP contribution >= 0.6 is 0 Å². The molecular weight excluding hydrogens is 284 g/mol. The van der Waals surface area contributed by atoms with Crippen LogP contribution in [0.3, 0.4) is 0 Å². The molecule has 1 fully saturated rings. The molecule has 1 saturated carbocycles. The molecule has 23 heavy (non-hydrogen) atoms. The molecule has 2 aliphatic carbocycles. The first-order chi connectivity index (χ1) is 11.2. The van der Waals surface area contributed by atoms with Crippen LogP contribution in [-0.2, 0) is 0 Å². The lowest BCUT2D eigenvalue weighted by Gasteiger charge is -2.09. The number of nitrogens with zero attached hydrogens (tertiary/aromatic N) is 3. The van der Waals surface area contributed by atoms with Crippen LogP contribution in [0, 0.1) is 28.6 Å². The van der Waals surface area contributed by atoms with Crippen LogP contribution in [-0.4, -0.2) is 15.8 Å². The SMILES string of the molecule is C=CCC.CC1=C(C=N)C2C/C(=C(\C#N)n3ccnc3)CC2C1. The van der Waals surface area contributed by atoms with Crippen molar-refractivity contribution in [2.45, 2.75) is 39.5 Å². The van der Waals surface area contributed by atoms with Crippen molar-refractivity contribution in [1.82, 2.24) is 9.55 Å². The van der Waals surface area contributed by atoms with Gasteiger partial charge in [-0.15, -0.1) is 6.58 Å². The third kappa shape index (κ3) is 3.50. The van der Waals surface area contributed by atoms with Gasteiger partial charge in [0.25, 0.3) is 0 Å². The summed E-state index contributed by atoms with van der Waals surface area (Å²) in [6.45, 7) is 7.67. The molecule has 0 bridgehead atoms. The maximum absolute atomic E-state index is 9.38. The minimum absolute atomic E-state index is 0.444. The molecule has 1 aromatic heterocycles. The number of nitriles is 1. The highest BCUT2D eigenvalue weighted by atomic mass is 15.0. The van der Waals surface area contributed by atoms with Gasteiger partial charge in [0, 0.05) is 18.6 Å². The van der Waals surface area contributed by atoms with Gasteiger partial charge < -0.3 is 5.41 Å². The van der Waals surface area contributed by atoms with E-state index in [9.17, 15) is 5.26 Å². The Balaban J connectivity index is 0.000000433. The molecule has 2 atom stereocenters. The molecule has 0 aromatic carbocycles. The third-order valence-electron chi connectivity index (χ3n) is 4.65. The molecule has 1 aromatic rings.